The summed E-state index contributed by atoms with van der Waals surface area (Å²) < 4.78 is 0. The molecule has 1 rings (SSSR count). The molecule has 0 unspecified atom stereocenters. The molecule has 1 aromatic rings. The van der Waals surface area contributed by atoms with Gasteiger partial charge in [0, 0.05) is 17.9 Å². The smallest absolute Gasteiger partial charge is 0.326 e. The number of aliphatic carboxylic acids is 1. The summed E-state index contributed by atoms with van der Waals surface area (Å²) in [6, 6.07) is 2.62. The van der Waals surface area contributed by atoms with Crippen LogP contribution in [0.3, 0.4) is 0 Å². The lowest BCUT2D eigenvalue weighted by Crippen LogP contribution is -2.42. The number of carbonyl (C=O) groups is 2. The zero-order chi connectivity index (χ0) is 12.0. The number of hydrogen-bond donors (Lipinski definition) is 3. The van der Waals surface area contributed by atoms with Crippen molar-refractivity contribution in [2.75, 3.05) is 6.61 Å². The highest BCUT2D eigenvalue weighted by Crippen LogP contribution is 2.09. The van der Waals surface area contributed by atoms with E-state index in [2.05, 4.69) is 5.32 Å². The zero-order valence-corrected chi connectivity index (χ0v) is 9.37. The van der Waals surface area contributed by atoms with Crippen molar-refractivity contribution in [1.82, 2.24) is 5.32 Å². The molecule has 1 aromatic heterocycles. The van der Waals surface area contributed by atoms with E-state index < -0.39 is 12.0 Å². The van der Waals surface area contributed by atoms with Gasteiger partial charge in [0.25, 0.3) is 0 Å². The van der Waals surface area contributed by atoms with Crippen molar-refractivity contribution in [2.45, 2.75) is 18.9 Å². The van der Waals surface area contributed by atoms with Crippen molar-refractivity contribution in [3.63, 3.8) is 0 Å². The summed E-state index contributed by atoms with van der Waals surface area (Å²) in [5.41, 5.74) is 0. The van der Waals surface area contributed by atoms with E-state index in [1.165, 1.54) is 11.3 Å². The maximum absolute atomic E-state index is 11.5. The summed E-state index contributed by atoms with van der Waals surface area (Å²) in [6.07, 6.45) is 0.193. The maximum Gasteiger partial charge on any atom is 0.326 e. The van der Waals surface area contributed by atoms with Gasteiger partial charge in [0.1, 0.15) is 6.04 Å². The Labute approximate surface area is 96.7 Å². The van der Waals surface area contributed by atoms with E-state index in [1.807, 2.05) is 17.5 Å². The third kappa shape index (κ3) is 4.00. The molecule has 1 heterocycles. The number of nitrogens with one attached hydrogen (secondary N) is 1. The van der Waals surface area contributed by atoms with Gasteiger partial charge in [0.15, 0.2) is 0 Å². The van der Waals surface area contributed by atoms with Crippen LogP contribution in [-0.2, 0) is 16.0 Å². The molecule has 0 spiro atoms. The van der Waals surface area contributed by atoms with Gasteiger partial charge in [-0.25, -0.2) is 4.79 Å². The topological polar surface area (TPSA) is 86.6 Å². The van der Waals surface area contributed by atoms with Gasteiger partial charge in [0.05, 0.1) is 6.42 Å². The highest BCUT2D eigenvalue weighted by Gasteiger charge is 2.19. The Kier molecular flexibility index (Phi) is 4.94. The normalized spacial score (nSPS) is 12.1. The summed E-state index contributed by atoms with van der Waals surface area (Å²) >= 11 is 1.44. The van der Waals surface area contributed by atoms with Crippen molar-refractivity contribution >= 4 is 23.2 Å². The molecule has 0 aliphatic carbocycles. The highest BCUT2D eigenvalue weighted by atomic mass is 32.1. The van der Waals surface area contributed by atoms with Crippen molar-refractivity contribution in [2.24, 2.45) is 0 Å². The Hall–Kier alpha value is -1.40. The summed E-state index contributed by atoms with van der Waals surface area (Å²) in [4.78, 5) is 23.0. The van der Waals surface area contributed by atoms with Gasteiger partial charge in [0.2, 0.25) is 5.91 Å². The molecule has 0 aliphatic rings. The maximum atomic E-state index is 11.5. The molecule has 16 heavy (non-hydrogen) atoms. The lowest BCUT2D eigenvalue weighted by molar-refractivity contribution is -0.142. The van der Waals surface area contributed by atoms with E-state index in [4.69, 9.17) is 10.2 Å². The summed E-state index contributed by atoms with van der Waals surface area (Å²) in [5, 5.41) is 21.6. The van der Waals surface area contributed by atoms with E-state index in [9.17, 15) is 9.59 Å². The van der Waals surface area contributed by atoms with Crippen LogP contribution >= 0.6 is 11.3 Å². The number of rotatable bonds is 6. The SMILES string of the molecule is O=C(Cc1cccs1)N[C@@H](CCO)C(=O)O. The predicted molar refractivity (Wildman–Crippen MR) is 59.3 cm³/mol. The third-order valence-corrected chi connectivity index (χ3v) is 2.84. The van der Waals surface area contributed by atoms with Crippen LogP contribution in [0.15, 0.2) is 17.5 Å². The van der Waals surface area contributed by atoms with E-state index >= 15 is 0 Å². The van der Waals surface area contributed by atoms with Crippen molar-refractivity contribution < 1.29 is 19.8 Å². The second-order valence-corrected chi connectivity index (χ2v) is 4.26. The molecular weight excluding hydrogens is 230 g/mol. The second kappa shape index (κ2) is 6.24. The number of aliphatic hydroxyl groups is 1. The average Bonchev–Trinajstić information content (AvgIpc) is 2.69. The molecule has 0 aromatic carbocycles. The fourth-order valence-electron chi connectivity index (χ4n) is 1.20. The minimum Gasteiger partial charge on any atom is -0.480 e. The van der Waals surface area contributed by atoms with Crippen molar-refractivity contribution in [3.05, 3.63) is 22.4 Å². The standard InChI is InChI=1S/C10H13NO4S/c12-4-3-8(10(14)15)11-9(13)6-7-2-1-5-16-7/h1-2,5,8,12H,3-4,6H2,(H,11,13)(H,14,15)/t8-/m0/s1. The number of carboxylic acids is 1. The molecule has 5 nitrogen and oxygen atoms in total. The van der Waals surface area contributed by atoms with Gasteiger partial charge in [-0.1, -0.05) is 6.07 Å². The monoisotopic (exact) mass is 243 g/mol. The fraction of sp³-hybridized carbons (Fsp3) is 0.400. The fourth-order valence-corrected chi connectivity index (χ4v) is 1.91. The third-order valence-electron chi connectivity index (χ3n) is 1.97. The molecule has 0 saturated carbocycles. The van der Waals surface area contributed by atoms with Crippen LogP contribution in [0, 0.1) is 0 Å². The molecule has 0 fully saturated rings. The van der Waals surface area contributed by atoms with Gasteiger partial charge >= 0.3 is 5.97 Å². The van der Waals surface area contributed by atoms with Crippen LogP contribution in [0.2, 0.25) is 0 Å². The van der Waals surface area contributed by atoms with Gasteiger partial charge in [-0.3, -0.25) is 4.79 Å². The van der Waals surface area contributed by atoms with Gasteiger partial charge in [-0.2, -0.15) is 0 Å². The van der Waals surface area contributed by atoms with Crippen molar-refractivity contribution in [3.8, 4) is 0 Å². The molecule has 88 valence electrons. The number of carbonyl (C=O) groups excluding carboxylic acids is 1. The summed E-state index contributed by atoms with van der Waals surface area (Å²) in [7, 11) is 0. The van der Waals surface area contributed by atoms with Crippen LogP contribution in [0.1, 0.15) is 11.3 Å². The Morgan fingerprint density at radius 2 is 2.25 bits per heavy atom. The lowest BCUT2D eigenvalue weighted by atomic mass is 10.2. The first-order chi connectivity index (χ1) is 7.63. The number of aliphatic hydroxyl groups excluding tert-OH is 1. The van der Waals surface area contributed by atoms with Gasteiger partial charge in [-0.05, 0) is 11.4 Å². The first-order valence-electron chi connectivity index (χ1n) is 4.79. The van der Waals surface area contributed by atoms with E-state index in [-0.39, 0.29) is 25.4 Å². The Balaban J connectivity index is 2.45. The Morgan fingerprint density at radius 1 is 1.50 bits per heavy atom. The van der Waals surface area contributed by atoms with Gasteiger partial charge < -0.3 is 15.5 Å². The largest absolute Gasteiger partial charge is 0.480 e. The van der Waals surface area contributed by atoms with Crippen LogP contribution in [0.4, 0.5) is 0 Å². The Morgan fingerprint density at radius 3 is 2.75 bits per heavy atom. The number of hydrogen-bond acceptors (Lipinski definition) is 4. The lowest BCUT2D eigenvalue weighted by Gasteiger charge is -2.12. The van der Waals surface area contributed by atoms with E-state index in [0.29, 0.717) is 0 Å². The van der Waals surface area contributed by atoms with E-state index in [0.717, 1.165) is 4.88 Å². The number of carboxylic acid groups (broad SMARTS) is 1. The molecule has 1 amide bonds. The molecule has 0 aliphatic heterocycles. The summed E-state index contributed by atoms with van der Waals surface area (Å²) in [5.74, 6) is -1.48. The molecule has 0 radical (unpaired) electrons. The second-order valence-electron chi connectivity index (χ2n) is 3.23. The molecule has 3 N–H and O–H groups in total. The molecule has 0 saturated heterocycles. The number of amides is 1. The highest BCUT2D eigenvalue weighted by molar-refractivity contribution is 7.10. The minimum absolute atomic E-state index is 0.0194. The first-order valence-corrected chi connectivity index (χ1v) is 5.67. The van der Waals surface area contributed by atoms with Crippen LogP contribution < -0.4 is 5.32 Å². The predicted octanol–water partition coefficient (Wildman–Crippen LogP) is 0.242. The molecule has 1 atom stereocenters. The molecule has 0 bridgehead atoms. The van der Waals surface area contributed by atoms with Gasteiger partial charge in [-0.15, -0.1) is 11.3 Å². The molecular formula is C10H13NO4S. The van der Waals surface area contributed by atoms with Crippen LogP contribution in [0.25, 0.3) is 0 Å². The minimum atomic E-state index is -1.13. The Bertz CT molecular complexity index is 350. The van der Waals surface area contributed by atoms with Crippen LogP contribution in [0.5, 0.6) is 0 Å². The van der Waals surface area contributed by atoms with Crippen LogP contribution in [-0.4, -0.2) is 34.7 Å². The molecule has 6 heteroatoms. The average molecular weight is 243 g/mol. The quantitative estimate of drug-likeness (QED) is 0.668. The van der Waals surface area contributed by atoms with E-state index in [1.54, 1.807) is 0 Å². The first kappa shape index (κ1) is 12.7. The van der Waals surface area contributed by atoms with Crippen molar-refractivity contribution in [1.29, 1.82) is 0 Å². The number of thiophene rings is 1. The zero-order valence-electron chi connectivity index (χ0n) is 8.55. The summed E-state index contributed by atoms with van der Waals surface area (Å²) in [6.45, 7) is -0.268.